The molecule has 0 unspecified atom stereocenters. The number of nitrogens with zero attached hydrogens (tertiary/aromatic N) is 3. The van der Waals surface area contributed by atoms with Gasteiger partial charge in [0.15, 0.2) is 5.65 Å². The van der Waals surface area contributed by atoms with Crippen LogP contribution in [0.15, 0.2) is 40.5 Å². The SMILES string of the molecule is COc1cccc(S(=O)(=O)Nc2nc(S)c3nc[nH]c3n2)c1. The number of sulfonamides is 1. The number of nitrogens with one attached hydrogen (secondary N) is 2. The van der Waals surface area contributed by atoms with E-state index in [1.54, 1.807) is 12.1 Å². The second-order valence-corrected chi connectivity index (χ2v) is 6.36. The molecular formula is C12H11N5O3S2. The molecule has 0 aliphatic heterocycles. The van der Waals surface area contributed by atoms with E-state index in [2.05, 4.69) is 37.3 Å². The summed E-state index contributed by atoms with van der Waals surface area (Å²) in [5, 5.41) is 0.273. The molecule has 0 fully saturated rings. The van der Waals surface area contributed by atoms with Crippen LogP contribution in [0.3, 0.4) is 0 Å². The minimum atomic E-state index is -3.84. The monoisotopic (exact) mass is 337 g/mol. The first-order valence-corrected chi connectivity index (χ1v) is 7.99. The Morgan fingerprint density at radius 2 is 2.14 bits per heavy atom. The maximum absolute atomic E-state index is 12.4. The summed E-state index contributed by atoms with van der Waals surface area (Å²) in [7, 11) is -2.38. The van der Waals surface area contributed by atoms with Crippen LogP contribution in [0.25, 0.3) is 11.2 Å². The summed E-state index contributed by atoms with van der Waals surface area (Å²) in [5.74, 6) is 0.340. The van der Waals surface area contributed by atoms with Gasteiger partial charge in [0, 0.05) is 6.07 Å². The second kappa shape index (κ2) is 5.46. The van der Waals surface area contributed by atoms with E-state index in [4.69, 9.17) is 4.74 Å². The Morgan fingerprint density at radius 1 is 1.32 bits per heavy atom. The van der Waals surface area contributed by atoms with E-state index in [-0.39, 0.29) is 15.9 Å². The van der Waals surface area contributed by atoms with Crippen LogP contribution in [0, 0.1) is 0 Å². The third-order valence-electron chi connectivity index (χ3n) is 2.84. The highest BCUT2D eigenvalue weighted by atomic mass is 32.2. The molecule has 114 valence electrons. The Morgan fingerprint density at radius 3 is 2.91 bits per heavy atom. The minimum absolute atomic E-state index is 0.0425. The van der Waals surface area contributed by atoms with Gasteiger partial charge in [0.05, 0.1) is 18.3 Å². The highest BCUT2D eigenvalue weighted by Gasteiger charge is 2.18. The largest absolute Gasteiger partial charge is 0.497 e. The number of hydrogen-bond acceptors (Lipinski definition) is 7. The highest BCUT2D eigenvalue weighted by molar-refractivity contribution is 7.92. The molecule has 10 heteroatoms. The van der Waals surface area contributed by atoms with E-state index in [1.807, 2.05) is 0 Å². The molecule has 2 N–H and O–H groups in total. The Bertz CT molecular complexity index is 939. The summed E-state index contributed by atoms with van der Waals surface area (Å²) in [5.41, 5.74) is 0.857. The molecule has 0 aliphatic rings. The van der Waals surface area contributed by atoms with Gasteiger partial charge >= 0.3 is 0 Å². The van der Waals surface area contributed by atoms with Gasteiger partial charge in [0.25, 0.3) is 10.0 Å². The molecule has 0 atom stereocenters. The molecule has 0 saturated heterocycles. The lowest BCUT2D eigenvalue weighted by molar-refractivity contribution is 0.413. The zero-order chi connectivity index (χ0) is 15.7. The Hall–Kier alpha value is -2.33. The number of imidazole rings is 1. The molecule has 0 aliphatic carbocycles. The molecule has 0 bridgehead atoms. The minimum Gasteiger partial charge on any atom is -0.497 e. The fourth-order valence-corrected chi connectivity index (χ4v) is 3.05. The van der Waals surface area contributed by atoms with E-state index in [1.165, 1.54) is 25.6 Å². The van der Waals surface area contributed by atoms with Gasteiger partial charge in [-0.15, -0.1) is 12.6 Å². The van der Waals surface area contributed by atoms with Gasteiger partial charge in [-0.25, -0.2) is 23.1 Å². The summed E-state index contributed by atoms with van der Waals surface area (Å²) in [6.45, 7) is 0. The van der Waals surface area contributed by atoms with Gasteiger partial charge in [0.1, 0.15) is 16.3 Å². The first kappa shape index (κ1) is 14.6. The van der Waals surface area contributed by atoms with E-state index < -0.39 is 10.0 Å². The topological polar surface area (TPSA) is 110 Å². The maximum atomic E-state index is 12.4. The highest BCUT2D eigenvalue weighted by Crippen LogP contribution is 2.21. The molecule has 3 rings (SSSR count). The normalized spacial score (nSPS) is 11.5. The van der Waals surface area contributed by atoms with Crippen molar-refractivity contribution in [1.82, 2.24) is 19.9 Å². The van der Waals surface area contributed by atoms with Gasteiger partial charge < -0.3 is 9.72 Å². The lowest BCUT2D eigenvalue weighted by Gasteiger charge is -2.08. The Balaban J connectivity index is 1.98. The summed E-state index contributed by atoms with van der Waals surface area (Å²) >= 11 is 4.17. The first-order chi connectivity index (χ1) is 10.5. The standard InChI is InChI=1S/C12H11N5O3S2/c1-20-7-3-2-4-8(5-7)22(18,19)17-12-15-10-9(11(21)16-12)13-6-14-10/h2-6H,1H3,(H3,13,14,15,16,17,21). The third kappa shape index (κ3) is 2.70. The van der Waals surface area contributed by atoms with Crippen LogP contribution >= 0.6 is 12.6 Å². The number of aromatic amines is 1. The number of hydrogen-bond donors (Lipinski definition) is 3. The molecule has 8 nitrogen and oxygen atoms in total. The van der Waals surface area contributed by atoms with Gasteiger partial charge in [-0.2, -0.15) is 4.98 Å². The van der Waals surface area contributed by atoms with E-state index in [0.29, 0.717) is 16.9 Å². The smallest absolute Gasteiger partial charge is 0.264 e. The van der Waals surface area contributed by atoms with Crippen molar-refractivity contribution in [3.05, 3.63) is 30.6 Å². The maximum Gasteiger partial charge on any atom is 0.264 e. The number of thiol groups is 1. The number of anilines is 1. The predicted octanol–water partition coefficient (Wildman–Crippen LogP) is 1.45. The number of rotatable bonds is 4. The van der Waals surface area contributed by atoms with Crippen molar-refractivity contribution in [2.75, 3.05) is 11.8 Å². The fourth-order valence-electron chi connectivity index (χ4n) is 1.81. The first-order valence-electron chi connectivity index (χ1n) is 6.06. The zero-order valence-corrected chi connectivity index (χ0v) is 13.0. The molecule has 1 aromatic carbocycles. The van der Waals surface area contributed by atoms with Gasteiger partial charge in [0.2, 0.25) is 5.95 Å². The van der Waals surface area contributed by atoms with Crippen LogP contribution in [0.5, 0.6) is 5.75 Å². The fraction of sp³-hybridized carbons (Fsp3) is 0.0833. The molecule has 0 radical (unpaired) electrons. The average Bonchev–Trinajstić information content (AvgIpc) is 2.96. The molecule has 0 amide bonds. The van der Waals surface area contributed by atoms with Crippen molar-refractivity contribution >= 4 is 39.8 Å². The van der Waals surface area contributed by atoms with Gasteiger partial charge in [-0.1, -0.05) is 6.07 Å². The van der Waals surface area contributed by atoms with Crippen LogP contribution in [0.1, 0.15) is 0 Å². The van der Waals surface area contributed by atoms with Crippen molar-refractivity contribution in [1.29, 1.82) is 0 Å². The number of fused-ring (bicyclic) bond motifs is 1. The number of methoxy groups -OCH3 is 1. The van der Waals surface area contributed by atoms with Crippen LogP contribution in [0.4, 0.5) is 5.95 Å². The molecule has 0 saturated carbocycles. The van der Waals surface area contributed by atoms with Crippen LogP contribution < -0.4 is 9.46 Å². The van der Waals surface area contributed by atoms with Crippen LogP contribution in [0.2, 0.25) is 0 Å². The van der Waals surface area contributed by atoms with Crippen molar-refractivity contribution in [3.8, 4) is 5.75 Å². The molecule has 2 aromatic heterocycles. The average molecular weight is 337 g/mol. The van der Waals surface area contributed by atoms with Crippen molar-refractivity contribution < 1.29 is 13.2 Å². The van der Waals surface area contributed by atoms with E-state index in [9.17, 15) is 8.42 Å². The van der Waals surface area contributed by atoms with Crippen molar-refractivity contribution in [2.24, 2.45) is 0 Å². The van der Waals surface area contributed by atoms with Gasteiger partial charge in [-0.3, -0.25) is 0 Å². The molecule has 0 spiro atoms. The molecule has 3 aromatic rings. The summed E-state index contributed by atoms with van der Waals surface area (Å²) < 4.78 is 32.0. The third-order valence-corrected chi connectivity index (χ3v) is 4.48. The lowest BCUT2D eigenvalue weighted by atomic mass is 10.3. The molecule has 22 heavy (non-hydrogen) atoms. The number of H-pyrrole nitrogens is 1. The summed E-state index contributed by atoms with van der Waals surface area (Å²) in [4.78, 5) is 14.8. The lowest BCUT2D eigenvalue weighted by Crippen LogP contribution is -2.15. The zero-order valence-electron chi connectivity index (χ0n) is 11.3. The number of benzene rings is 1. The Labute approximate surface area is 131 Å². The van der Waals surface area contributed by atoms with Crippen molar-refractivity contribution in [3.63, 3.8) is 0 Å². The second-order valence-electron chi connectivity index (χ2n) is 4.26. The van der Waals surface area contributed by atoms with Crippen LogP contribution in [-0.2, 0) is 10.0 Å². The number of ether oxygens (including phenoxy) is 1. The quantitative estimate of drug-likeness (QED) is 0.491. The number of aromatic nitrogens is 4. The summed E-state index contributed by atoms with van der Waals surface area (Å²) in [6.07, 6.45) is 1.43. The van der Waals surface area contributed by atoms with Gasteiger partial charge in [-0.05, 0) is 12.1 Å². The molecule has 2 heterocycles. The Kier molecular flexibility index (Phi) is 3.62. The van der Waals surface area contributed by atoms with E-state index >= 15 is 0 Å². The van der Waals surface area contributed by atoms with Crippen molar-refractivity contribution in [2.45, 2.75) is 9.92 Å². The summed E-state index contributed by atoms with van der Waals surface area (Å²) in [6, 6.07) is 6.08. The molecular weight excluding hydrogens is 326 g/mol. The van der Waals surface area contributed by atoms with E-state index in [0.717, 1.165) is 0 Å². The predicted molar refractivity (Wildman–Crippen MR) is 82.7 cm³/mol. The van der Waals surface area contributed by atoms with Crippen LogP contribution in [-0.4, -0.2) is 35.5 Å².